The summed E-state index contributed by atoms with van der Waals surface area (Å²) in [6.45, 7) is 1.90. The van der Waals surface area contributed by atoms with Gasteiger partial charge in [-0.2, -0.15) is 0 Å². The van der Waals surface area contributed by atoms with E-state index < -0.39 is 0 Å². The number of aromatic nitrogens is 2. The molecule has 2 aromatic rings. The second-order valence-corrected chi connectivity index (χ2v) is 6.93. The Balaban J connectivity index is 1.82. The van der Waals surface area contributed by atoms with E-state index in [2.05, 4.69) is 15.5 Å². The van der Waals surface area contributed by atoms with Crippen molar-refractivity contribution >= 4 is 52.0 Å². The molecule has 0 saturated heterocycles. The van der Waals surface area contributed by atoms with Gasteiger partial charge in [0, 0.05) is 17.2 Å². The number of nitrogens with one attached hydrogen (secondary N) is 1. The molecule has 1 heterocycles. The normalized spacial score (nSPS) is 10.5. The van der Waals surface area contributed by atoms with Gasteiger partial charge in [-0.05, 0) is 25.1 Å². The van der Waals surface area contributed by atoms with Crippen LogP contribution >= 0.6 is 34.7 Å². The first kappa shape index (κ1) is 15.1. The predicted octanol–water partition coefficient (Wildman–Crippen LogP) is 3.20. The van der Waals surface area contributed by atoms with Gasteiger partial charge in [0.2, 0.25) is 5.91 Å². The monoisotopic (exact) mass is 328 g/mol. The van der Waals surface area contributed by atoms with E-state index in [4.69, 9.17) is 17.3 Å². The minimum Gasteiger partial charge on any atom is -0.397 e. The Hall–Kier alpha value is -1.31. The predicted molar refractivity (Wildman–Crippen MR) is 84.5 cm³/mol. The lowest BCUT2D eigenvalue weighted by atomic mass is 10.2. The number of hydrogen-bond acceptors (Lipinski definition) is 6. The highest BCUT2D eigenvalue weighted by atomic mass is 35.5. The van der Waals surface area contributed by atoms with E-state index in [9.17, 15) is 4.79 Å². The molecule has 8 heteroatoms. The van der Waals surface area contributed by atoms with E-state index in [1.54, 1.807) is 18.2 Å². The zero-order valence-corrected chi connectivity index (χ0v) is 13.1. The highest BCUT2D eigenvalue weighted by Crippen LogP contribution is 2.24. The molecule has 3 N–H and O–H groups in total. The number of hydrogen-bond donors (Lipinski definition) is 2. The Morgan fingerprint density at radius 3 is 3.00 bits per heavy atom. The van der Waals surface area contributed by atoms with Crippen molar-refractivity contribution in [2.45, 2.75) is 17.7 Å². The number of nitrogens with two attached hydrogens (primary N) is 1. The Morgan fingerprint density at radius 1 is 1.50 bits per heavy atom. The smallest absolute Gasteiger partial charge is 0.225 e. The lowest BCUT2D eigenvalue weighted by Gasteiger charge is -2.08. The molecule has 0 aliphatic rings. The molecule has 0 aliphatic heterocycles. The quantitative estimate of drug-likeness (QED) is 0.650. The van der Waals surface area contributed by atoms with E-state index in [0.717, 1.165) is 9.35 Å². The lowest BCUT2D eigenvalue weighted by molar-refractivity contribution is -0.115. The SMILES string of the molecule is Cc1nnc(SCCC(=O)Nc2cc(Cl)ccc2N)s1. The third-order valence-corrected chi connectivity index (χ3v) is 4.56. The minimum absolute atomic E-state index is 0.104. The molecule has 1 amide bonds. The fraction of sp³-hybridized carbons (Fsp3) is 0.250. The first-order chi connectivity index (χ1) is 9.54. The van der Waals surface area contributed by atoms with Crippen LogP contribution in [0.25, 0.3) is 0 Å². The van der Waals surface area contributed by atoms with Crippen LogP contribution in [-0.2, 0) is 4.79 Å². The topological polar surface area (TPSA) is 80.9 Å². The number of carbonyl (C=O) groups is 1. The van der Waals surface area contributed by atoms with E-state index in [0.29, 0.717) is 28.6 Å². The maximum Gasteiger partial charge on any atom is 0.225 e. The molecule has 1 aromatic carbocycles. The van der Waals surface area contributed by atoms with Crippen molar-refractivity contribution in [2.24, 2.45) is 0 Å². The van der Waals surface area contributed by atoms with Gasteiger partial charge in [-0.15, -0.1) is 10.2 Å². The van der Waals surface area contributed by atoms with E-state index in [1.807, 2.05) is 6.92 Å². The minimum atomic E-state index is -0.104. The zero-order valence-electron chi connectivity index (χ0n) is 10.7. The molecular weight excluding hydrogens is 316 g/mol. The Labute approximate surface area is 129 Å². The fourth-order valence-electron chi connectivity index (χ4n) is 1.42. The van der Waals surface area contributed by atoms with Gasteiger partial charge >= 0.3 is 0 Å². The summed E-state index contributed by atoms with van der Waals surface area (Å²) >= 11 is 8.90. The number of rotatable bonds is 5. The van der Waals surface area contributed by atoms with Crippen LogP contribution < -0.4 is 11.1 Å². The zero-order chi connectivity index (χ0) is 14.5. The van der Waals surface area contributed by atoms with Crippen molar-refractivity contribution in [3.05, 3.63) is 28.2 Å². The summed E-state index contributed by atoms with van der Waals surface area (Å²) in [6.07, 6.45) is 0.370. The Kier molecular flexibility index (Phi) is 5.22. The second-order valence-electron chi connectivity index (χ2n) is 3.97. The molecule has 0 unspecified atom stereocenters. The largest absolute Gasteiger partial charge is 0.397 e. The Morgan fingerprint density at radius 2 is 2.30 bits per heavy atom. The number of carbonyl (C=O) groups excluding carboxylic acids is 1. The maximum absolute atomic E-state index is 11.8. The molecule has 5 nitrogen and oxygen atoms in total. The van der Waals surface area contributed by atoms with E-state index in [-0.39, 0.29) is 5.91 Å². The summed E-state index contributed by atoms with van der Waals surface area (Å²) in [6, 6.07) is 4.98. The molecule has 0 atom stereocenters. The number of amides is 1. The summed E-state index contributed by atoms with van der Waals surface area (Å²) < 4.78 is 0.873. The molecule has 2 rings (SSSR count). The van der Waals surface area contributed by atoms with Crippen LogP contribution in [0.4, 0.5) is 11.4 Å². The van der Waals surface area contributed by atoms with Gasteiger partial charge in [0.05, 0.1) is 11.4 Å². The number of halogens is 1. The summed E-state index contributed by atoms with van der Waals surface area (Å²) in [5.74, 6) is 0.536. The molecule has 0 fully saturated rings. The molecule has 106 valence electrons. The van der Waals surface area contributed by atoms with Crippen molar-refractivity contribution in [3.63, 3.8) is 0 Å². The first-order valence-electron chi connectivity index (χ1n) is 5.82. The summed E-state index contributed by atoms with van der Waals surface area (Å²) in [5, 5.41) is 12.1. The van der Waals surface area contributed by atoms with Gasteiger partial charge in [-0.3, -0.25) is 4.79 Å². The molecule has 0 aliphatic carbocycles. The van der Waals surface area contributed by atoms with Crippen molar-refractivity contribution in [2.75, 3.05) is 16.8 Å². The molecule has 20 heavy (non-hydrogen) atoms. The van der Waals surface area contributed by atoms with Crippen LogP contribution in [0.15, 0.2) is 22.5 Å². The van der Waals surface area contributed by atoms with Crippen LogP contribution in [0.1, 0.15) is 11.4 Å². The fourth-order valence-corrected chi connectivity index (χ4v) is 3.41. The maximum atomic E-state index is 11.8. The van der Waals surface area contributed by atoms with Crippen molar-refractivity contribution in [3.8, 4) is 0 Å². The summed E-state index contributed by atoms with van der Waals surface area (Å²) in [7, 11) is 0. The van der Waals surface area contributed by atoms with Gasteiger partial charge in [-0.25, -0.2) is 0 Å². The number of thioether (sulfide) groups is 1. The van der Waals surface area contributed by atoms with Crippen molar-refractivity contribution in [1.82, 2.24) is 10.2 Å². The molecule has 1 aromatic heterocycles. The summed E-state index contributed by atoms with van der Waals surface area (Å²) in [4.78, 5) is 11.8. The standard InChI is InChI=1S/C12H13ClN4OS2/c1-7-16-17-12(20-7)19-5-4-11(18)15-10-6-8(13)2-3-9(10)14/h2-3,6H,4-5,14H2,1H3,(H,15,18). The van der Waals surface area contributed by atoms with E-state index >= 15 is 0 Å². The van der Waals surface area contributed by atoms with E-state index in [1.165, 1.54) is 23.1 Å². The Bertz CT molecular complexity index is 617. The first-order valence-corrected chi connectivity index (χ1v) is 8.00. The average molecular weight is 329 g/mol. The van der Waals surface area contributed by atoms with Crippen LogP contribution in [0.3, 0.4) is 0 Å². The van der Waals surface area contributed by atoms with Crippen LogP contribution in [-0.4, -0.2) is 21.9 Å². The van der Waals surface area contributed by atoms with Crippen molar-refractivity contribution < 1.29 is 4.79 Å². The molecule has 0 saturated carbocycles. The van der Waals surface area contributed by atoms with Gasteiger partial charge < -0.3 is 11.1 Å². The third-order valence-electron chi connectivity index (χ3n) is 2.35. The third kappa shape index (κ3) is 4.36. The average Bonchev–Trinajstić information content (AvgIpc) is 2.80. The summed E-state index contributed by atoms with van der Waals surface area (Å²) in [5.41, 5.74) is 6.80. The number of nitrogens with zero attached hydrogens (tertiary/aromatic N) is 2. The lowest BCUT2D eigenvalue weighted by Crippen LogP contribution is -2.13. The molecule has 0 bridgehead atoms. The van der Waals surface area contributed by atoms with Crippen LogP contribution in [0.5, 0.6) is 0 Å². The number of aryl methyl sites for hydroxylation is 1. The van der Waals surface area contributed by atoms with Gasteiger partial charge in [0.15, 0.2) is 4.34 Å². The second kappa shape index (κ2) is 6.92. The number of nitrogen functional groups attached to an aromatic ring is 1. The number of anilines is 2. The molecule has 0 radical (unpaired) electrons. The van der Waals surface area contributed by atoms with Crippen LogP contribution in [0, 0.1) is 6.92 Å². The van der Waals surface area contributed by atoms with Gasteiger partial charge in [0.1, 0.15) is 5.01 Å². The number of benzene rings is 1. The van der Waals surface area contributed by atoms with Crippen LogP contribution in [0.2, 0.25) is 5.02 Å². The van der Waals surface area contributed by atoms with Gasteiger partial charge in [0.25, 0.3) is 0 Å². The van der Waals surface area contributed by atoms with Crippen molar-refractivity contribution in [1.29, 1.82) is 0 Å². The highest BCUT2D eigenvalue weighted by Gasteiger charge is 2.07. The van der Waals surface area contributed by atoms with Gasteiger partial charge in [-0.1, -0.05) is 34.7 Å². The molecular formula is C12H13ClN4OS2. The molecule has 0 spiro atoms. The highest BCUT2D eigenvalue weighted by molar-refractivity contribution is 8.01.